The Kier molecular flexibility index (Phi) is 5.30. The summed E-state index contributed by atoms with van der Waals surface area (Å²) in [5.41, 5.74) is 9.14. The molecular formula is C24H23F2N7. The Labute approximate surface area is 189 Å². The van der Waals surface area contributed by atoms with Gasteiger partial charge in [-0.25, -0.2) is 13.8 Å². The molecule has 3 aromatic rings. The number of nitrogens with one attached hydrogen (secondary N) is 1. The van der Waals surface area contributed by atoms with Crippen LogP contribution in [0.15, 0.2) is 53.8 Å². The van der Waals surface area contributed by atoms with E-state index in [1.54, 1.807) is 16.9 Å². The number of hydrogen-bond donors (Lipinski definition) is 2. The lowest BCUT2D eigenvalue weighted by Crippen LogP contribution is -2.53. The van der Waals surface area contributed by atoms with Crippen LogP contribution in [0.5, 0.6) is 0 Å². The molecule has 2 aromatic carbocycles. The number of piperidine rings is 1. The van der Waals surface area contributed by atoms with Gasteiger partial charge in [0.2, 0.25) is 0 Å². The number of fused-ring (bicyclic) bond motifs is 1. The Bertz CT molecular complexity index is 1320. The van der Waals surface area contributed by atoms with Gasteiger partial charge >= 0.3 is 0 Å². The Hall–Kier alpha value is -3.77. The number of aromatic nitrogens is 2. The summed E-state index contributed by atoms with van der Waals surface area (Å²) in [4.78, 5) is 6.69. The van der Waals surface area contributed by atoms with E-state index in [4.69, 9.17) is 16.0 Å². The Morgan fingerprint density at radius 3 is 2.85 bits per heavy atom. The summed E-state index contributed by atoms with van der Waals surface area (Å²) in [5.74, 6) is -0.0781. The number of halogens is 2. The first kappa shape index (κ1) is 21.1. The molecule has 0 bridgehead atoms. The van der Waals surface area contributed by atoms with Gasteiger partial charge in [0.25, 0.3) is 0 Å². The highest BCUT2D eigenvalue weighted by Gasteiger charge is 2.31. The molecule has 0 aliphatic carbocycles. The van der Waals surface area contributed by atoms with Crippen molar-refractivity contribution >= 4 is 22.4 Å². The quantitative estimate of drug-likeness (QED) is 0.630. The standard InChI is InChI=1S/C24H23F2N7/c1-32-22-5-4-14(8-17(22)11-30-32)18-12-29-24(33-7-6-21(28)20(26)13-33)31-23(18)15-2-3-16(10-27)19(25)9-15/h2-5,8-9,11-12,20-21,23H,6-7,13,28H2,1H3,(H,29,31). The molecule has 2 aliphatic heterocycles. The highest BCUT2D eigenvalue weighted by atomic mass is 19.1. The van der Waals surface area contributed by atoms with E-state index in [0.717, 1.165) is 22.0 Å². The molecule has 1 fully saturated rings. The highest BCUT2D eigenvalue weighted by molar-refractivity contribution is 5.90. The van der Waals surface area contributed by atoms with Crippen LogP contribution >= 0.6 is 0 Å². The molecule has 3 N–H and O–H groups in total. The Morgan fingerprint density at radius 2 is 2.09 bits per heavy atom. The second-order valence-electron chi connectivity index (χ2n) is 8.41. The number of alkyl halides is 1. The van der Waals surface area contributed by atoms with Crippen molar-refractivity contribution in [3.8, 4) is 6.07 Å². The minimum absolute atomic E-state index is 0.0236. The Balaban J connectivity index is 1.55. The molecule has 7 nitrogen and oxygen atoms in total. The summed E-state index contributed by atoms with van der Waals surface area (Å²) in [6, 6.07) is 11.3. The molecule has 168 valence electrons. The van der Waals surface area contributed by atoms with Crippen LogP contribution in [0.3, 0.4) is 0 Å². The lowest BCUT2D eigenvalue weighted by Gasteiger charge is -2.37. The average molecular weight is 447 g/mol. The predicted molar refractivity (Wildman–Crippen MR) is 122 cm³/mol. The molecule has 0 radical (unpaired) electrons. The second-order valence-corrected chi connectivity index (χ2v) is 8.41. The van der Waals surface area contributed by atoms with Gasteiger partial charge in [0, 0.05) is 36.8 Å². The van der Waals surface area contributed by atoms with Crippen molar-refractivity contribution in [3.05, 3.63) is 71.3 Å². The molecule has 3 heterocycles. The molecule has 3 unspecified atom stereocenters. The zero-order chi connectivity index (χ0) is 23.1. The SMILES string of the molecule is Cn1ncc2cc(C3=CNC(N4CCC(N)C(F)C4)=NC3c3ccc(C#N)c(F)c3)ccc21. The third-order valence-corrected chi connectivity index (χ3v) is 6.30. The van der Waals surface area contributed by atoms with E-state index in [1.807, 2.05) is 42.4 Å². The number of hydrogen-bond acceptors (Lipinski definition) is 6. The fraction of sp³-hybridized carbons (Fsp3) is 0.292. The molecule has 2 aliphatic rings. The van der Waals surface area contributed by atoms with Crippen molar-refractivity contribution in [1.29, 1.82) is 5.26 Å². The van der Waals surface area contributed by atoms with Crippen molar-refractivity contribution in [3.63, 3.8) is 0 Å². The van der Waals surface area contributed by atoms with Crippen LogP contribution in [0, 0.1) is 17.1 Å². The average Bonchev–Trinajstić information content (AvgIpc) is 3.20. The number of rotatable bonds is 2. The number of nitrogens with zero attached hydrogens (tertiary/aromatic N) is 5. The number of aryl methyl sites for hydroxylation is 1. The van der Waals surface area contributed by atoms with Crippen LogP contribution in [0.1, 0.15) is 29.2 Å². The minimum Gasteiger partial charge on any atom is -0.340 e. The molecule has 1 aromatic heterocycles. The fourth-order valence-corrected chi connectivity index (χ4v) is 4.37. The molecule has 3 atom stereocenters. The van der Waals surface area contributed by atoms with Crippen LogP contribution in [0.2, 0.25) is 0 Å². The smallest absolute Gasteiger partial charge is 0.199 e. The van der Waals surface area contributed by atoms with Crippen molar-refractivity contribution in [2.24, 2.45) is 17.8 Å². The number of aliphatic imine (C=N–C) groups is 1. The van der Waals surface area contributed by atoms with E-state index in [-0.39, 0.29) is 12.1 Å². The van der Waals surface area contributed by atoms with Gasteiger partial charge in [-0.3, -0.25) is 4.68 Å². The van der Waals surface area contributed by atoms with Gasteiger partial charge in [-0.1, -0.05) is 12.1 Å². The van der Waals surface area contributed by atoms with Gasteiger partial charge < -0.3 is 16.0 Å². The lowest BCUT2D eigenvalue weighted by atomic mass is 9.92. The first-order chi connectivity index (χ1) is 15.9. The van der Waals surface area contributed by atoms with Crippen LogP contribution < -0.4 is 11.1 Å². The summed E-state index contributed by atoms with van der Waals surface area (Å²) in [6.07, 6.45) is 3.00. The topological polar surface area (TPSA) is 95.3 Å². The molecule has 0 saturated carbocycles. The van der Waals surface area contributed by atoms with Gasteiger partial charge in [-0.05, 0) is 41.8 Å². The zero-order valence-corrected chi connectivity index (χ0v) is 18.0. The normalized spacial score (nSPS) is 23.0. The molecular weight excluding hydrogens is 424 g/mol. The highest BCUT2D eigenvalue weighted by Crippen LogP contribution is 2.37. The molecule has 33 heavy (non-hydrogen) atoms. The number of nitriles is 1. The summed E-state index contributed by atoms with van der Waals surface area (Å²) in [6.45, 7) is 0.721. The summed E-state index contributed by atoms with van der Waals surface area (Å²) >= 11 is 0. The van der Waals surface area contributed by atoms with Gasteiger partial charge in [0.1, 0.15) is 24.1 Å². The van der Waals surface area contributed by atoms with Gasteiger partial charge in [0.15, 0.2) is 5.96 Å². The third-order valence-electron chi connectivity index (χ3n) is 6.30. The van der Waals surface area contributed by atoms with Crippen LogP contribution in [-0.4, -0.2) is 45.9 Å². The molecule has 5 rings (SSSR count). The van der Waals surface area contributed by atoms with Gasteiger partial charge in [0.05, 0.1) is 23.8 Å². The van der Waals surface area contributed by atoms with Crippen LogP contribution in [0.25, 0.3) is 16.5 Å². The second kappa shape index (κ2) is 8.30. The van der Waals surface area contributed by atoms with E-state index < -0.39 is 24.1 Å². The predicted octanol–water partition coefficient (Wildman–Crippen LogP) is 3.00. The fourth-order valence-electron chi connectivity index (χ4n) is 4.37. The molecule has 9 heteroatoms. The maximum Gasteiger partial charge on any atom is 0.199 e. The zero-order valence-electron chi connectivity index (χ0n) is 18.0. The maximum atomic E-state index is 14.5. The van der Waals surface area contributed by atoms with E-state index >= 15 is 0 Å². The van der Waals surface area contributed by atoms with E-state index in [1.165, 1.54) is 12.1 Å². The van der Waals surface area contributed by atoms with Crippen molar-refractivity contribution in [1.82, 2.24) is 20.0 Å². The monoisotopic (exact) mass is 447 g/mol. The Morgan fingerprint density at radius 1 is 1.24 bits per heavy atom. The molecule has 1 saturated heterocycles. The maximum absolute atomic E-state index is 14.5. The van der Waals surface area contributed by atoms with Gasteiger partial charge in [-0.15, -0.1) is 0 Å². The van der Waals surface area contributed by atoms with Crippen molar-refractivity contribution < 1.29 is 8.78 Å². The lowest BCUT2D eigenvalue weighted by molar-refractivity contribution is 0.167. The summed E-state index contributed by atoms with van der Waals surface area (Å²) < 4.78 is 30.6. The number of benzene rings is 2. The van der Waals surface area contributed by atoms with Gasteiger partial charge in [-0.2, -0.15) is 10.4 Å². The number of guanidine groups is 1. The first-order valence-corrected chi connectivity index (χ1v) is 10.8. The number of likely N-dealkylation sites (tertiary alicyclic amines) is 1. The third kappa shape index (κ3) is 3.83. The van der Waals surface area contributed by atoms with E-state index in [0.29, 0.717) is 24.5 Å². The van der Waals surface area contributed by atoms with Crippen LogP contribution in [-0.2, 0) is 7.05 Å². The van der Waals surface area contributed by atoms with Crippen molar-refractivity contribution in [2.75, 3.05) is 13.1 Å². The van der Waals surface area contributed by atoms with Crippen molar-refractivity contribution in [2.45, 2.75) is 24.7 Å². The summed E-state index contributed by atoms with van der Waals surface area (Å²) in [5, 5.41) is 17.6. The van der Waals surface area contributed by atoms with E-state index in [9.17, 15) is 8.78 Å². The molecule has 0 amide bonds. The minimum atomic E-state index is -1.15. The van der Waals surface area contributed by atoms with E-state index in [2.05, 4.69) is 10.4 Å². The number of nitrogens with two attached hydrogens (primary N) is 1. The van der Waals surface area contributed by atoms with Crippen LogP contribution in [0.4, 0.5) is 8.78 Å². The first-order valence-electron chi connectivity index (χ1n) is 10.8. The molecule has 0 spiro atoms. The largest absolute Gasteiger partial charge is 0.340 e. The summed E-state index contributed by atoms with van der Waals surface area (Å²) in [7, 11) is 1.88.